The van der Waals surface area contributed by atoms with Gasteiger partial charge in [-0.05, 0) is 30.5 Å². The van der Waals surface area contributed by atoms with E-state index in [9.17, 15) is 4.79 Å². The number of rotatable bonds is 8. The quantitative estimate of drug-likeness (QED) is 0.762. The van der Waals surface area contributed by atoms with Gasteiger partial charge in [-0.25, -0.2) is 0 Å². The van der Waals surface area contributed by atoms with Crippen LogP contribution in [0.2, 0.25) is 0 Å². The zero-order valence-corrected chi connectivity index (χ0v) is 12.9. The van der Waals surface area contributed by atoms with Crippen LogP contribution >= 0.6 is 11.3 Å². The molecule has 0 radical (unpaired) electrons. The van der Waals surface area contributed by atoms with E-state index < -0.39 is 0 Å². The second-order valence-electron chi connectivity index (χ2n) is 4.84. The highest BCUT2D eigenvalue weighted by Crippen LogP contribution is 2.13. The number of carbonyl (C=O) groups excluding carboxylic acids is 1. The number of hydrogen-bond acceptors (Lipinski definition) is 4. The highest BCUT2D eigenvalue weighted by atomic mass is 32.1. The lowest BCUT2D eigenvalue weighted by atomic mass is 10.2. The molecule has 0 saturated heterocycles. The molecule has 2 rings (SSSR count). The first-order valence-electron chi connectivity index (χ1n) is 6.87. The summed E-state index contributed by atoms with van der Waals surface area (Å²) in [5, 5.41) is 4.99. The Bertz CT molecular complexity index is 549. The number of carbonyl (C=O) groups is 1. The standard InChI is InChI=1S/C16H20N2O2S/c1-3-8-18(11-14-6-5-10-21-14)12-16(19)17-13(2)15-7-4-9-20-15/h3-7,9-10,13H,1,8,11-12H2,2H3,(H,17,19). The van der Waals surface area contributed by atoms with E-state index in [4.69, 9.17) is 4.42 Å². The molecule has 0 aliphatic carbocycles. The van der Waals surface area contributed by atoms with E-state index >= 15 is 0 Å². The molecule has 112 valence electrons. The molecule has 2 aromatic rings. The van der Waals surface area contributed by atoms with E-state index in [0.717, 1.165) is 12.3 Å². The van der Waals surface area contributed by atoms with Crippen molar-refractivity contribution >= 4 is 17.2 Å². The normalized spacial score (nSPS) is 12.3. The first-order valence-corrected chi connectivity index (χ1v) is 7.75. The van der Waals surface area contributed by atoms with E-state index in [1.165, 1.54) is 4.88 Å². The molecular weight excluding hydrogens is 284 g/mol. The number of nitrogens with zero attached hydrogens (tertiary/aromatic N) is 1. The van der Waals surface area contributed by atoms with Gasteiger partial charge in [0.25, 0.3) is 0 Å². The van der Waals surface area contributed by atoms with Crippen LogP contribution in [-0.4, -0.2) is 23.9 Å². The van der Waals surface area contributed by atoms with Gasteiger partial charge in [-0.2, -0.15) is 0 Å². The summed E-state index contributed by atoms with van der Waals surface area (Å²) >= 11 is 1.69. The van der Waals surface area contributed by atoms with Gasteiger partial charge in [-0.3, -0.25) is 9.69 Å². The van der Waals surface area contributed by atoms with Crippen molar-refractivity contribution < 1.29 is 9.21 Å². The van der Waals surface area contributed by atoms with Crippen LogP contribution in [0.25, 0.3) is 0 Å². The Morgan fingerprint density at radius 3 is 3.00 bits per heavy atom. The van der Waals surface area contributed by atoms with Crippen LogP contribution in [0.3, 0.4) is 0 Å². The van der Waals surface area contributed by atoms with Gasteiger partial charge in [-0.1, -0.05) is 12.1 Å². The largest absolute Gasteiger partial charge is 0.467 e. The predicted molar refractivity (Wildman–Crippen MR) is 85.1 cm³/mol. The van der Waals surface area contributed by atoms with Crippen LogP contribution in [0, 0.1) is 0 Å². The third-order valence-electron chi connectivity index (χ3n) is 3.06. The second-order valence-corrected chi connectivity index (χ2v) is 5.87. The van der Waals surface area contributed by atoms with Crippen molar-refractivity contribution in [3.05, 3.63) is 59.2 Å². The van der Waals surface area contributed by atoms with Crippen molar-refractivity contribution in [2.45, 2.75) is 19.5 Å². The fraction of sp³-hybridized carbons (Fsp3) is 0.312. The van der Waals surface area contributed by atoms with Crippen molar-refractivity contribution in [3.8, 4) is 0 Å². The van der Waals surface area contributed by atoms with Crippen LogP contribution in [0.1, 0.15) is 23.6 Å². The second kappa shape index (κ2) is 7.81. The average molecular weight is 304 g/mol. The molecule has 0 bridgehead atoms. The van der Waals surface area contributed by atoms with Crippen LogP contribution in [0.4, 0.5) is 0 Å². The molecule has 0 aliphatic rings. The highest BCUT2D eigenvalue weighted by Gasteiger charge is 2.15. The number of amides is 1. The maximum Gasteiger partial charge on any atom is 0.234 e. The third-order valence-corrected chi connectivity index (χ3v) is 3.92. The van der Waals surface area contributed by atoms with Gasteiger partial charge >= 0.3 is 0 Å². The van der Waals surface area contributed by atoms with Gasteiger partial charge in [-0.15, -0.1) is 17.9 Å². The molecule has 5 heteroatoms. The van der Waals surface area contributed by atoms with Crippen LogP contribution in [0.5, 0.6) is 0 Å². The topological polar surface area (TPSA) is 45.5 Å². The fourth-order valence-electron chi connectivity index (χ4n) is 2.09. The van der Waals surface area contributed by atoms with E-state index in [-0.39, 0.29) is 11.9 Å². The number of hydrogen-bond donors (Lipinski definition) is 1. The Balaban J connectivity index is 1.87. The Kier molecular flexibility index (Phi) is 5.78. The first-order chi connectivity index (χ1) is 10.2. The number of furan rings is 1. The minimum absolute atomic E-state index is 0.0164. The summed E-state index contributed by atoms with van der Waals surface area (Å²) in [5.41, 5.74) is 0. The van der Waals surface area contributed by atoms with E-state index in [1.54, 1.807) is 17.6 Å². The summed E-state index contributed by atoms with van der Waals surface area (Å²) in [6.45, 7) is 7.44. The Morgan fingerprint density at radius 1 is 1.52 bits per heavy atom. The van der Waals surface area contributed by atoms with Gasteiger partial charge in [0.05, 0.1) is 18.8 Å². The summed E-state index contributed by atoms with van der Waals surface area (Å²) in [7, 11) is 0. The van der Waals surface area contributed by atoms with E-state index in [1.807, 2.05) is 36.6 Å². The minimum atomic E-state index is -0.125. The maximum atomic E-state index is 12.1. The summed E-state index contributed by atoms with van der Waals surface area (Å²) in [6.07, 6.45) is 3.43. The van der Waals surface area contributed by atoms with Crippen molar-refractivity contribution in [2.75, 3.05) is 13.1 Å². The van der Waals surface area contributed by atoms with E-state index in [2.05, 4.69) is 22.9 Å². The molecule has 21 heavy (non-hydrogen) atoms. The van der Waals surface area contributed by atoms with Gasteiger partial charge in [0.15, 0.2) is 0 Å². The predicted octanol–water partition coefficient (Wildman–Crippen LogP) is 3.21. The molecule has 0 spiro atoms. The van der Waals surface area contributed by atoms with Crippen molar-refractivity contribution in [1.82, 2.24) is 10.2 Å². The van der Waals surface area contributed by atoms with Gasteiger partial charge in [0, 0.05) is 18.0 Å². The molecule has 0 aromatic carbocycles. The smallest absolute Gasteiger partial charge is 0.234 e. The number of nitrogens with one attached hydrogen (secondary N) is 1. The van der Waals surface area contributed by atoms with Crippen LogP contribution in [0.15, 0.2) is 53.0 Å². The Hall–Kier alpha value is -1.85. The first kappa shape index (κ1) is 15.5. The molecule has 0 fully saturated rings. The molecule has 0 saturated carbocycles. The lowest BCUT2D eigenvalue weighted by Crippen LogP contribution is -2.37. The molecule has 0 aliphatic heterocycles. The molecule has 1 N–H and O–H groups in total. The van der Waals surface area contributed by atoms with E-state index in [0.29, 0.717) is 13.1 Å². The van der Waals surface area contributed by atoms with Gasteiger partial charge < -0.3 is 9.73 Å². The fourth-order valence-corrected chi connectivity index (χ4v) is 2.84. The summed E-state index contributed by atoms with van der Waals surface area (Å²) in [5.74, 6) is 0.745. The lowest BCUT2D eigenvalue weighted by Gasteiger charge is -2.20. The molecule has 1 unspecified atom stereocenters. The minimum Gasteiger partial charge on any atom is -0.467 e. The monoisotopic (exact) mass is 304 g/mol. The summed E-state index contributed by atoms with van der Waals surface area (Å²) in [4.78, 5) is 15.4. The van der Waals surface area contributed by atoms with Crippen molar-refractivity contribution in [3.63, 3.8) is 0 Å². The molecule has 2 aromatic heterocycles. The highest BCUT2D eigenvalue weighted by molar-refractivity contribution is 7.09. The van der Waals surface area contributed by atoms with Crippen molar-refractivity contribution in [2.24, 2.45) is 0 Å². The third kappa shape index (κ3) is 4.88. The Labute approximate surface area is 129 Å². The average Bonchev–Trinajstić information content (AvgIpc) is 3.11. The van der Waals surface area contributed by atoms with Crippen LogP contribution in [-0.2, 0) is 11.3 Å². The number of thiophene rings is 1. The Morgan fingerprint density at radius 2 is 2.38 bits per heavy atom. The lowest BCUT2D eigenvalue weighted by molar-refractivity contribution is -0.123. The zero-order valence-electron chi connectivity index (χ0n) is 12.1. The summed E-state index contributed by atoms with van der Waals surface area (Å²) in [6, 6.07) is 7.64. The van der Waals surface area contributed by atoms with Gasteiger partial charge in [0.2, 0.25) is 5.91 Å². The molecule has 4 nitrogen and oxygen atoms in total. The molecule has 1 amide bonds. The summed E-state index contributed by atoms with van der Waals surface area (Å²) < 4.78 is 5.29. The van der Waals surface area contributed by atoms with Crippen molar-refractivity contribution in [1.29, 1.82) is 0 Å². The SMILES string of the molecule is C=CCN(CC(=O)NC(C)c1ccco1)Cc1cccs1. The maximum absolute atomic E-state index is 12.1. The van der Waals surface area contributed by atoms with Crippen LogP contribution < -0.4 is 5.32 Å². The zero-order chi connectivity index (χ0) is 15.1. The molecule has 1 atom stereocenters. The molecular formula is C16H20N2O2S. The van der Waals surface area contributed by atoms with Gasteiger partial charge in [0.1, 0.15) is 5.76 Å². The molecule has 2 heterocycles.